The highest BCUT2D eigenvalue weighted by molar-refractivity contribution is 5.57. The van der Waals surface area contributed by atoms with Crippen LogP contribution in [0.1, 0.15) is 45.0 Å². The van der Waals surface area contributed by atoms with Crippen molar-refractivity contribution in [2.24, 2.45) is 0 Å². The number of hydrogen-bond acceptors (Lipinski definition) is 4. The third-order valence-electron chi connectivity index (χ3n) is 2.83. The molecule has 0 radical (unpaired) electrons. The molecule has 0 aromatic carbocycles. The molecule has 2 N–H and O–H groups in total. The first-order valence-electron chi connectivity index (χ1n) is 6.21. The summed E-state index contributed by atoms with van der Waals surface area (Å²) in [4.78, 5) is 8.85. The van der Waals surface area contributed by atoms with Crippen LogP contribution in [0, 0.1) is 13.8 Å². The lowest BCUT2D eigenvalue weighted by molar-refractivity contribution is 0.508. The van der Waals surface area contributed by atoms with E-state index in [1.165, 1.54) is 0 Å². The van der Waals surface area contributed by atoms with Gasteiger partial charge in [0.05, 0.1) is 0 Å². The number of hydrogen-bond donors (Lipinski definition) is 2. The van der Waals surface area contributed by atoms with Gasteiger partial charge in [0.1, 0.15) is 17.5 Å². The lowest BCUT2D eigenvalue weighted by Crippen LogP contribution is -2.31. The van der Waals surface area contributed by atoms with E-state index in [0.29, 0.717) is 0 Å². The van der Waals surface area contributed by atoms with Crippen LogP contribution in [-0.2, 0) is 0 Å². The fraction of sp³-hybridized carbons (Fsp3) is 0.692. The Hall–Kier alpha value is -1.32. The van der Waals surface area contributed by atoms with Gasteiger partial charge in [-0.25, -0.2) is 9.97 Å². The molecule has 4 heteroatoms. The van der Waals surface area contributed by atoms with Gasteiger partial charge in [-0.3, -0.25) is 0 Å². The zero-order valence-electron chi connectivity index (χ0n) is 11.8. The van der Waals surface area contributed by atoms with E-state index in [0.717, 1.165) is 35.9 Å². The summed E-state index contributed by atoms with van der Waals surface area (Å²) in [6.45, 7) is 10.5. The minimum atomic E-state index is 0.0608. The van der Waals surface area contributed by atoms with Crippen LogP contribution >= 0.6 is 0 Å². The Labute approximate surface area is 104 Å². The molecule has 0 bridgehead atoms. The second kappa shape index (κ2) is 5.34. The molecule has 4 nitrogen and oxygen atoms in total. The number of rotatable bonds is 5. The van der Waals surface area contributed by atoms with Crippen molar-refractivity contribution in [1.29, 1.82) is 0 Å². The molecule has 1 aromatic heterocycles. The van der Waals surface area contributed by atoms with Crippen LogP contribution < -0.4 is 10.6 Å². The van der Waals surface area contributed by atoms with Gasteiger partial charge < -0.3 is 10.6 Å². The van der Waals surface area contributed by atoms with E-state index >= 15 is 0 Å². The van der Waals surface area contributed by atoms with Crippen LogP contribution in [0.2, 0.25) is 0 Å². The lowest BCUT2D eigenvalue weighted by Gasteiger charge is -2.27. The number of aryl methyl sites for hydroxylation is 1. The third-order valence-corrected chi connectivity index (χ3v) is 2.83. The zero-order chi connectivity index (χ0) is 13.1. The molecule has 0 aliphatic rings. The molecular formula is C13H24N4. The quantitative estimate of drug-likeness (QED) is 0.824. The summed E-state index contributed by atoms with van der Waals surface area (Å²) in [5, 5.41) is 6.62. The van der Waals surface area contributed by atoms with Crippen LogP contribution in [0.3, 0.4) is 0 Å². The second-order valence-corrected chi connectivity index (χ2v) is 5.10. The van der Waals surface area contributed by atoms with Crippen molar-refractivity contribution in [3.05, 3.63) is 11.4 Å². The van der Waals surface area contributed by atoms with Gasteiger partial charge in [-0.05, 0) is 34.1 Å². The summed E-state index contributed by atoms with van der Waals surface area (Å²) in [5.41, 5.74) is 1.13. The van der Waals surface area contributed by atoms with Crippen molar-refractivity contribution in [3.63, 3.8) is 0 Å². The van der Waals surface area contributed by atoms with Gasteiger partial charge in [0.25, 0.3) is 0 Å². The van der Waals surface area contributed by atoms with Crippen molar-refractivity contribution < 1.29 is 0 Å². The Morgan fingerprint density at radius 3 is 2.24 bits per heavy atom. The topological polar surface area (TPSA) is 49.8 Å². The fourth-order valence-corrected chi connectivity index (χ4v) is 2.00. The van der Waals surface area contributed by atoms with Crippen LogP contribution in [0.25, 0.3) is 0 Å². The summed E-state index contributed by atoms with van der Waals surface area (Å²) in [6.07, 6.45) is 2.27. The van der Waals surface area contributed by atoms with Gasteiger partial charge >= 0.3 is 0 Å². The largest absolute Gasteiger partial charge is 0.373 e. The summed E-state index contributed by atoms with van der Waals surface area (Å²) in [5.74, 6) is 2.61. The molecule has 0 aliphatic heterocycles. The van der Waals surface area contributed by atoms with Crippen molar-refractivity contribution in [2.75, 3.05) is 17.7 Å². The minimum Gasteiger partial charge on any atom is -0.373 e. The number of aromatic nitrogens is 2. The molecule has 0 saturated heterocycles. The first-order valence-corrected chi connectivity index (χ1v) is 6.21. The highest BCUT2D eigenvalue weighted by Gasteiger charge is 2.19. The van der Waals surface area contributed by atoms with Crippen molar-refractivity contribution in [1.82, 2.24) is 9.97 Å². The van der Waals surface area contributed by atoms with E-state index in [1.54, 1.807) is 0 Å². The number of anilines is 2. The normalized spacial score (nSPS) is 11.4. The fourth-order valence-electron chi connectivity index (χ4n) is 2.00. The van der Waals surface area contributed by atoms with E-state index in [-0.39, 0.29) is 5.54 Å². The second-order valence-electron chi connectivity index (χ2n) is 5.10. The summed E-state index contributed by atoms with van der Waals surface area (Å²) in [7, 11) is 1.88. The Morgan fingerprint density at radius 2 is 1.71 bits per heavy atom. The molecule has 17 heavy (non-hydrogen) atoms. The summed E-state index contributed by atoms with van der Waals surface area (Å²) < 4.78 is 0. The van der Waals surface area contributed by atoms with E-state index in [2.05, 4.69) is 41.4 Å². The molecular weight excluding hydrogens is 212 g/mol. The molecule has 96 valence electrons. The molecule has 1 rings (SSSR count). The lowest BCUT2D eigenvalue weighted by atomic mass is 9.99. The maximum absolute atomic E-state index is 4.49. The predicted octanol–water partition coefficient (Wildman–Crippen LogP) is 3.13. The Bertz CT molecular complexity index is 385. The summed E-state index contributed by atoms with van der Waals surface area (Å²) >= 11 is 0. The molecule has 0 spiro atoms. The van der Waals surface area contributed by atoms with Gasteiger partial charge in [-0.1, -0.05) is 13.3 Å². The minimum absolute atomic E-state index is 0.0608. The maximum Gasteiger partial charge on any atom is 0.135 e. The van der Waals surface area contributed by atoms with Crippen molar-refractivity contribution >= 4 is 11.6 Å². The third kappa shape index (κ3) is 3.58. The Kier molecular flexibility index (Phi) is 4.32. The molecule has 1 heterocycles. The zero-order valence-corrected chi connectivity index (χ0v) is 11.8. The number of nitrogens with one attached hydrogen (secondary N) is 2. The van der Waals surface area contributed by atoms with Gasteiger partial charge in [-0.2, -0.15) is 0 Å². The van der Waals surface area contributed by atoms with E-state index in [1.807, 2.05) is 20.9 Å². The monoisotopic (exact) mass is 236 g/mol. The molecule has 0 amide bonds. The highest BCUT2D eigenvalue weighted by Crippen LogP contribution is 2.24. The predicted molar refractivity (Wildman–Crippen MR) is 73.7 cm³/mol. The first kappa shape index (κ1) is 13.7. The molecule has 0 unspecified atom stereocenters. The average molecular weight is 236 g/mol. The van der Waals surface area contributed by atoms with Crippen LogP contribution in [-0.4, -0.2) is 22.6 Å². The van der Waals surface area contributed by atoms with Crippen molar-refractivity contribution in [3.8, 4) is 0 Å². The van der Waals surface area contributed by atoms with Crippen LogP contribution in [0.15, 0.2) is 0 Å². The molecule has 0 fully saturated rings. The van der Waals surface area contributed by atoms with Gasteiger partial charge in [0, 0.05) is 18.2 Å². The molecule has 0 atom stereocenters. The maximum atomic E-state index is 4.49. The molecule has 0 aliphatic carbocycles. The van der Waals surface area contributed by atoms with E-state index < -0.39 is 0 Å². The molecule has 1 aromatic rings. The van der Waals surface area contributed by atoms with Crippen molar-refractivity contribution in [2.45, 2.75) is 53.0 Å². The Morgan fingerprint density at radius 1 is 1.12 bits per heavy atom. The van der Waals surface area contributed by atoms with E-state index in [9.17, 15) is 0 Å². The van der Waals surface area contributed by atoms with Crippen LogP contribution in [0.5, 0.6) is 0 Å². The molecule has 0 saturated carbocycles. The first-order chi connectivity index (χ1) is 7.89. The summed E-state index contributed by atoms with van der Waals surface area (Å²) in [6, 6.07) is 0. The number of nitrogens with zero attached hydrogens (tertiary/aromatic N) is 2. The highest BCUT2D eigenvalue weighted by atomic mass is 15.1. The Balaban J connectivity index is 3.02. The van der Waals surface area contributed by atoms with Gasteiger partial charge in [0.2, 0.25) is 0 Å². The van der Waals surface area contributed by atoms with Gasteiger partial charge in [0.15, 0.2) is 0 Å². The smallest absolute Gasteiger partial charge is 0.135 e. The van der Waals surface area contributed by atoms with E-state index in [4.69, 9.17) is 0 Å². The standard InChI is InChI=1S/C13H24N4/c1-7-8-13(4,5)17-12-9(2)11(14-6)15-10(3)16-12/h7-8H2,1-6H3,(H2,14,15,16,17). The van der Waals surface area contributed by atoms with Gasteiger partial charge in [-0.15, -0.1) is 0 Å². The average Bonchev–Trinajstić information content (AvgIpc) is 2.22. The SMILES string of the molecule is CCCC(C)(C)Nc1nc(C)nc(NC)c1C. The van der Waals surface area contributed by atoms with Crippen LogP contribution in [0.4, 0.5) is 11.6 Å².